The van der Waals surface area contributed by atoms with E-state index in [2.05, 4.69) is 15.4 Å². The molecule has 1 saturated heterocycles. The smallest absolute Gasteiger partial charge is 0.290 e. The van der Waals surface area contributed by atoms with Crippen LogP contribution in [0.15, 0.2) is 22.7 Å². The molecule has 1 atom stereocenters. The van der Waals surface area contributed by atoms with Crippen molar-refractivity contribution in [3.8, 4) is 17.2 Å². The normalized spacial score (nSPS) is 16.9. The van der Waals surface area contributed by atoms with Crippen LogP contribution in [0.1, 0.15) is 48.0 Å². The molecule has 2 aliphatic rings. The van der Waals surface area contributed by atoms with E-state index in [0.29, 0.717) is 53.6 Å². The van der Waals surface area contributed by atoms with Crippen LogP contribution in [0.2, 0.25) is 0 Å². The highest BCUT2D eigenvalue weighted by Gasteiger charge is 2.29. The predicted molar refractivity (Wildman–Crippen MR) is 182 cm³/mol. The summed E-state index contributed by atoms with van der Waals surface area (Å²) in [7, 11) is 4.68. The van der Waals surface area contributed by atoms with Crippen LogP contribution in [0.25, 0.3) is 10.9 Å². The van der Waals surface area contributed by atoms with Crippen LogP contribution in [-0.2, 0) is 25.7 Å². The summed E-state index contributed by atoms with van der Waals surface area (Å²) in [6, 6.07) is 5.37. The van der Waals surface area contributed by atoms with E-state index in [0.717, 1.165) is 30.8 Å². The third-order valence-electron chi connectivity index (χ3n) is 8.61. The van der Waals surface area contributed by atoms with E-state index in [9.17, 15) is 14.4 Å². The summed E-state index contributed by atoms with van der Waals surface area (Å²) in [4.78, 5) is 59.1. The van der Waals surface area contributed by atoms with Crippen molar-refractivity contribution in [3.63, 3.8) is 0 Å². The predicted octanol–water partition coefficient (Wildman–Crippen LogP) is 2.50. The topological polar surface area (TPSA) is 186 Å². The first-order valence-electron chi connectivity index (χ1n) is 16.5. The number of pyridine rings is 1. The summed E-state index contributed by atoms with van der Waals surface area (Å²) in [5.41, 5.74) is 1.60. The number of ether oxygens (including phenoxy) is 4. The Labute approximate surface area is 290 Å². The Kier molecular flexibility index (Phi) is 13.6. The summed E-state index contributed by atoms with van der Waals surface area (Å²) in [5.74, 6) is 2.06. The Morgan fingerprint density at radius 2 is 1.80 bits per heavy atom. The molecule has 3 aromatic rings. The number of hydrogen-bond acceptors (Lipinski definition) is 12. The van der Waals surface area contributed by atoms with E-state index >= 15 is 0 Å². The molecule has 1 unspecified atom stereocenters. The molecule has 0 aliphatic carbocycles. The standard InChI is InChI=1S/C33H44N6O8.CH2O2/c1-6-46-20-29(41)38-13-12-37(33(42)26-14-21(2)47-36-26)11-9-28(40)34-17-22-8-7-10-39(18-22)32-23(19-38)15-24-25(35-32)16-27(43-3)31(45-5)30(24)44-4;2-1-3/h14-16,22H,6-13,17-20H2,1-5H3,(H,34,40);1H,(H,2,3). The van der Waals surface area contributed by atoms with Gasteiger partial charge < -0.3 is 48.6 Å². The molecular weight excluding hydrogens is 652 g/mol. The SMILES string of the molecule is CCOCC(=O)N1CCN(C(=O)c2cc(C)on2)CCC(=O)NCC2CCCN(C2)c2nc3cc(OC)c(OC)c(OC)c3cc2C1.O=CO. The second kappa shape index (κ2) is 18.0. The maximum atomic E-state index is 13.7. The van der Waals surface area contributed by atoms with Crippen molar-refractivity contribution in [3.05, 3.63) is 35.2 Å². The number of rotatable bonds is 7. The molecule has 1 aromatic carbocycles. The molecule has 5 rings (SSSR count). The summed E-state index contributed by atoms with van der Waals surface area (Å²) < 4.78 is 27.8. The van der Waals surface area contributed by atoms with Crippen molar-refractivity contribution >= 4 is 40.9 Å². The number of aromatic nitrogens is 2. The van der Waals surface area contributed by atoms with Crippen LogP contribution in [0.3, 0.4) is 0 Å². The van der Waals surface area contributed by atoms with Gasteiger partial charge in [-0.2, -0.15) is 0 Å². The molecule has 1 fully saturated rings. The maximum absolute atomic E-state index is 13.7. The minimum atomic E-state index is -0.378. The number of fused-ring (bicyclic) bond motifs is 5. The molecule has 0 radical (unpaired) electrons. The Morgan fingerprint density at radius 3 is 2.46 bits per heavy atom. The molecule has 0 saturated carbocycles. The Bertz CT molecular complexity index is 1650. The number of carbonyl (C=O) groups is 4. The van der Waals surface area contributed by atoms with E-state index in [1.54, 1.807) is 44.1 Å². The van der Waals surface area contributed by atoms with E-state index in [-0.39, 0.29) is 75.0 Å². The largest absolute Gasteiger partial charge is 0.493 e. The van der Waals surface area contributed by atoms with Gasteiger partial charge in [-0.1, -0.05) is 5.16 Å². The lowest BCUT2D eigenvalue weighted by Gasteiger charge is -2.35. The van der Waals surface area contributed by atoms with Crippen molar-refractivity contribution in [2.75, 3.05) is 78.7 Å². The van der Waals surface area contributed by atoms with Crippen molar-refractivity contribution in [1.82, 2.24) is 25.3 Å². The second-order valence-electron chi connectivity index (χ2n) is 11.9. The number of carbonyl (C=O) groups excluding carboxylic acids is 3. The number of aryl methyl sites for hydroxylation is 1. The van der Waals surface area contributed by atoms with Crippen LogP contribution in [0.5, 0.6) is 17.2 Å². The van der Waals surface area contributed by atoms with Crippen molar-refractivity contribution < 1.29 is 47.8 Å². The quantitative estimate of drug-likeness (QED) is 0.343. The fourth-order valence-electron chi connectivity index (χ4n) is 6.18. The molecular formula is C34H46N6O10. The van der Waals surface area contributed by atoms with E-state index in [1.165, 1.54) is 0 Å². The molecule has 2 bridgehead atoms. The number of hydrogen-bond donors (Lipinski definition) is 2. The number of anilines is 1. The van der Waals surface area contributed by atoms with Gasteiger partial charge in [-0.25, -0.2) is 4.98 Å². The fourth-order valence-corrected chi connectivity index (χ4v) is 6.18. The zero-order valence-corrected chi connectivity index (χ0v) is 29.2. The number of amides is 3. The first-order chi connectivity index (χ1) is 24.2. The van der Waals surface area contributed by atoms with Crippen LogP contribution in [0, 0.1) is 12.8 Å². The van der Waals surface area contributed by atoms with E-state index < -0.39 is 0 Å². The van der Waals surface area contributed by atoms with Crippen molar-refractivity contribution in [1.29, 1.82) is 0 Å². The van der Waals surface area contributed by atoms with Crippen LogP contribution in [-0.4, -0.2) is 123 Å². The number of nitrogens with one attached hydrogen (secondary N) is 1. The molecule has 2 N–H and O–H groups in total. The molecule has 50 heavy (non-hydrogen) atoms. The highest BCUT2D eigenvalue weighted by Crippen LogP contribution is 2.44. The van der Waals surface area contributed by atoms with Gasteiger partial charge in [0.1, 0.15) is 18.2 Å². The monoisotopic (exact) mass is 698 g/mol. The lowest BCUT2D eigenvalue weighted by Crippen LogP contribution is -2.43. The minimum Gasteiger partial charge on any atom is -0.493 e. The number of nitrogens with zero attached hydrogens (tertiary/aromatic N) is 5. The lowest BCUT2D eigenvalue weighted by atomic mass is 9.97. The van der Waals surface area contributed by atoms with Crippen LogP contribution < -0.4 is 24.4 Å². The molecule has 2 aromatic heterocycles. The van der Waals surface area contributed by atoms with Gasteiger partial charge in [0.05, 0.1) is 26.8 Å². The molecule has 16 nitrogen and oxygen atoms in total. The zero-order chi connectivity index (χ0) is 36.2. The maximum Gasteiger partial charge on any atom is 0.290 e. The third kappa shape index (κ3) is 9.11. The molecule has 3 amide bonds. The van der Waals surface area contributed by atoms with E-state index in [1.807, 2.05) is 19.1 Å². The second-order valence-corrected chi connectivity index (χ2v) is 11.9. The van der Waals surface area contributed by atoms with Crippen LogP contribution in [0.4, 0.5) is 5.82 Å². The Hall–Kier alpha value is -5.12. The average Bonchev–Trinajstić information content (AvgIpc) is 3.57. The number of benzene rings is 1. The Morgan fingerprint density at radius 1 is 1.06 bits per heavy atom. The molecule has 0 spiro atoms. The van der Waals surface area contributed by atoms with Gasteiger partial charge in [0.2, 0.25) is 17.6 Å². The number of piperidine rings is 1. The summed E-state index contributed by atoms with van der Waals surface area (Å²) in [6.07, 6.45) is 1.98. The van der Waals surface area contributed by atoms with Gasteiger partial charge in [-0.3, -0.25) is 19.2 Å². The fraction of sp³-hybridized carbons (Fsp3) is 0.529. The summed E-state index contributed by atoms with van der Waals surface area (Å²) in [5, 5.41) is 14.6. The molecule has 4 heterocycles. The highest BCUT2D eigenvalue weighted by atomic mass is 16.5. The van der Waals surface area contributed by atoms with Crippen molar-refractivity contribution in [2.24, 2.45) is 5.92 Å². The number of carboxylic acid groups (broad SMARTS) is 1. The Balaban J connectivity index is 0.00000181. The minimum absolute atomic E-state index is 0.114. The lowest BCUT2D eigenvalue weighted by molar-refractivity contribution is -0.137. The number of methoxy groups -OCH3 is 3. The van der Waals surface area contributed by atoms with Gasteiger partial charge in [-0.05, 0) is 38.7 Å². The first kappa shape index (κ1) is 37.7. The van der Waals surface area contributed by atoms with Gasteiger partial charge in [0.25, 0.3) is 12.4 Å². The zero-order valence-electron chi connectivity index (χ0n) is 29.2. The van der Waals surface area contributed by atoms with Gasteiger partial charge in [0.15, 0.2) is 17.2 Å². The van der Waals surface area contributed by atoms with Crippen molar-refractivity contribution in [2.45, 2.75) is 39.7 Å². The summed E-state index contributed by atoms with van der Waals surface area (Å²) >= 11 is 0. The van der Waals surface area contributed by atoms with Gasteiger partial charge in [0, 0.05) is 81.9 Å². The van der Waals surface area contributed by atoms with E-state index in [4.69, 9.17) is 38.4 Å². The highest BCUT2D eigenvalue weighted by molar-refractivity contribution is 5.93. The molecule has 272 valence electrons. The third-order valence-corrected chi connectivity index (χ3v) is 8.61. The summed E-state index contributed by atoms with van der Waals surface area (Å²) in [6.45, 7) is 6.20. The van der Waals surface area contributed by atoms with Gasteiger partial charge >= 0.3 is 0 Å². The first-order valence-corrected chi connectivity index (χ1v) is 16.5. The molecule has 16 heteroatoms. The van der Waals surface area contributed by atoms with Crippen LogP contribution >= 0.6 is 0 Å². The molecule has 2 aliphatic heterocycles. The van der Waals surface area contributed by atoms with Gasteiger partial charge in [-0.15, -0.1) is 0 Å². The average molecular weight is 699 g/mol.